The van der Waals surface area contributed by atoms with E-state index in [9.17, 15) is 0 Å². The van der Waals surface area contributed by atoms with E-state index in [1.807, 2.05) is 0 Å². The van der Waals surface area contributed by atoms with E-state index in [4.69, 9.17) is 5.41 Å². The first-order chi connectivity index (χ1) is 2.77. The fraction of sp³-hybridized carbons (Fsp3) is 0.333. The predicted octanol–water partition coefficient (Wildman–Crippen LogP) is -0.152. The minimum atomic E-state index is 0.248. The molecule has 0 aliphatic rings. The summed E-state index contributed by atoms with van der Waals surface area (Å²) in [6, 6.07) is 0. The minimum absolute atomic E-state index is 0.248. The summed E-state index contributed by atoms with van der Waals surface area (Å²) in [7, 11) is 0. The van der Waals surface area contributed by atoms with E-state index < -0.39 is 0 Å². The van der Waals surface area contributed by atoms with Crippen LogP contribution in [-0.4, -0.2) is 11.9 Å². The molecule has 0 aliphatic heterocycles. The Morgan fingerprint density at radius 2 is 2.50 bits per heavy atom. The summed E-state index contributed by atoms with van der Waals surface area (Å²) in [4.78, 5) is 0. The average molecular weight is 84.1 g/mol. The van der Waals surface area contributed by atoms with Crippen molar-refractivity contribution < 1.29 is 0 Å². The number of hydrogen-bond donors (Lipinski definition) is 2. The van der Waals surface area contributed by atoms with E-state index in [-0.39, 0.29) is 5.71 Å². The van der Waals surface area contributed by atoms with Crippen molar-refractivity contribution in [3.05, 3.63) is 0 Å². The van der Waals surface area contributed by atoms with Crippen LogP contribution in [0.4, 0.5) is 0 Å². The zero-order chi connectivity index (χ0) is 4.99. The molecule has 0 spiro atoms. The maximum atomic E-state index is 6.61. The summed E-state index contributed by atoms with van der Waals surface area (Å²) in [6.45, 7) is 1.55. The lowest BCUT2D eigenvalue weighted by molar-refractivity contribution is 1.27. The van der Waals surface area contributed by atoms with Crippen molar-refractivity contribution in [2.45, 2.75) is 6.92 Å². The highest BCUT2D eigenvalue weighted by Gasteiger charge is 1.71. The van der Waals surface area contributed by atoms with Crippen LogP contribution < -0.4 is 5.84 Å². The molecule has 0 amide bonds. The monoisotopic (exact) mass is 84.1 g/mol. The lowest BCUT2D eigenvalue weighted by Crippen LogP contribution is -1.91. The Morgan fingerprint density at radius 3 is 2.50 bits per heavy atom. The molecule has 1 radical (unpaired) electrons. The van der Waals surface area contributed by atoms with Gasteiger partial charge < -0.3 is 11.3 Å². The van der Waals surface area contributed by atoms with Gasteiger partial charge >= 0.3 is 0 Å². The van der Waals surface area contributed by atoms with Crippen molar-refractivity contribution in [1.82, 2.24) is 0 Å². The van der Waals surface area contributed by atoms with Crippen LogP contribution in [0.1, 0.15) is 6.92 Å². The molecule has 0 saturated carbocycles. The van der Waals surface area contributed by atoms with Gasteiger partial charge in [-0.1, -0.05) is 0 Å². The summed E-state index contributed by atoms with van der Waals surface area (Å²) in [5, 5.41) is 9.57. The Kier molecular flexibility index (Phi) is 2.04. The fourth-order valence-corrected chi connectivity index (χ4v) is 0.0968. The number of rotatable bonds is 1. The summed E-state index contributed by atoms with van der Waals surface area (Å²) in [6.07, 6.45) is 2.19. The van der Waals surface area contributed by atoms with Crippen LogP contribution >= 0.6 is 0 Å². The number of hydrazone groups is 1. The maximum absolute atomic E-state index is 6.61. The number of nitrogens with two attached hydrogens (primary N) is 1. The highest BCUT2D eigenvalue weighted by molar-refractivity contribution is 6.27. The quantitative estimate of drug-likeness (QED) is 0.259. The zero-order valence-corrected chi connectivity index (χ0v) is 3.52. The van der Waals surface area contributed by atoms with Gasteiger partial charge in [0, 0.05) is 0 Å². The maximum Gasteiger partial charge on any atom is 0.132 e. The Bertz CT molecular complexity index is 74.1. The lowest BCUT2D eigenvalue weighted by atomic mass is 10.5. The van der Waals surface area contributed by atoms with Crippen LogP contribution in [0.5, 0.6) is 0 Å². The predicted molar refractivity (Wildman–Crippen MR) is 25.0 cm³/mol. The third-order valence-corrected chi connectivity index (χ3v) is 0.232. The molecular formula is C3H6N3. The first kappa shape index (κ1) is 5.14. The van der Waals surface area contributed by atoms with Crippen molar-refractivity contribution in [3.63, 3.8) is 0 Å². The van der Waals surface area contributed by atoms with Crippen LogP contribution in [0.2, 0.25) is 0 Å². The molecule has 6 heavy (non-hydrogen) atoms. The van der Waals surface area contributed by atoms with E-state index in [1.165, 1.54) is 0 Å². The second kappa shape index (κ2) is 2.38. The molecule has 3 heteroatoms. The molecule has 0 aromatic heterocycles. The van der Waals surface area contributed by atoms with Crippen molar-refractivity contribution >= 4 is 11.9 Å². The highest BCUT2D eigenvalue weighted by Crippen LogP contribution is 1.55. The van der Waals surface area contributed by atoms with Crippen LogP contribution in [-0.2, 0) is 0 Å². The summed E-state index contributed by atoms with van der Waals surface area (Å²) in [5.41, 5.74) is 0.248. The molecule has 0 fully saturated rings. The molecule has 0 aliphatic carbocycles. The Balaban J connectivity index is 3.30. The zero-order valence-electron chi connectivity index (χ0n) is 3.52. The molecule has 0 aromatic rings. The van der Waals surface area contributed by atoms with Gasteiger partial charge in [0.15, 0.2) is 0 Å². The first-order valence-electron chi connectivity index (χ1n) is 1.48. The Morgan fingerprint density at radius 1 is 2.00 bits per heavy atom. The third-order valence-electron chi connectivity index (χ3n) is 0.232. The third kappa shape index (κ3) is 3.14. The summed E-state index contributed by atoms with van der Waals surface area (Å²) < 4.78 is 0. The van der Waals surface area contributed by atoms with E-state index in [0.717, 1.165) is 0 Å². The lowest BCUT2D eigenvalue weighted by Gasteiger charge is -1.71. The average Bonchev–Trinajstić information content (AvgIpc) is 1.35. The van der Waals surface area contributed by atoms with Crippen molar-refractivity contribution in [2.24, 2.45) is 10.9 Å². The highest BCUT2D eigenvalue weighted by atomic mass is 15.1. The molecule has 33 valence electrons. The van der Waals surface area contributed by atoms with E-state index in [1.54, 1.807) is 6.92 Å². The molecule has 3 N–H and O–H groups in total. The second-order valence-corrected chi connectivity index (χ2v) is 0.866. The standard InChI is InChI=1S/C3H6N3/c1-3(4)2-6-5/h4H,5H2,1H3. The number of hydrogen-bond acceptors (Lipinski definition) is 3. The van der Waals surface area contributed by atoms with Crippen LogP contribution in [0.15, 0.2) is 5.10 Å². The van der Waals surface area contributed by atoms with E-state index >= 15 is 0 Å². The normalized spacial score (nSPS) is 9.50. The van der Waals surface area contributed by atoms with Crippen molar-refractivity contribution in [3.8, 4) is 0 Å². The van der Waals surface area contributed by atoms with Gasteiger partial charge in [-0.25, -0.2) is 0 Å². The minimum Gasteiger partial charge on any atom is -0.323 e. The van der Waals surface area contributed by atoms with E-state index in [2.05, 4.69) is 17.2 Å². The van der Waals surface area contributed by atoms with Crippen LogP contribution in [0.3, 0.4) is 0 Å². The molecule has 3 nitrogen and oxygen atoms in total. The van der Waals surface area contributed by atoms with Crippen molar-refractivity contribution in [1.29, 1.82) is 5.41 Å². The van der Waals surface area contributed by atoms with Gasteiger partial charge in [0.1, 0.15) is 6.21 Å². The molecule has 0 bridgehead atoms. The van der Waals surface area contributed by atoms with Gasteiger partial charge in [-0.05, 0) is 6.92 Å². The molecular weight excluding hydrogens is 78.1 g/mol. The molecule has 0 heterocycles. The first-order valence-corrected chi connectivity index (χ1v) is 1.48. The molecule has 0 saturated heterocycles. The Hall–Kier alpha value is -0.860. The SMILES string of the molecule is CC(=N)/[C]=N/N. The van der Waals surface area contributed by atoms with Gasteiger partial charge in [-0.2, -0.15) is 5.10 Å². The molecule has 0 unspecified atom stereocenters. The van der Waals surface area contributed by atoms with Crippen LogP contribution in [0.25, 0.3) is 0 Å². The van der Waals surface area contributed by atoms with Crippen LogP contribution in [0, 0.1) is 5.41 Å². The van der Waals surface area contributed by atoms with E-state index in [0.29, 0.717) is 0 Å². The molecule has 0 rings (SSSR count). The summed E-state index contributed by atoms with van der Waals surface area (Å²) >= 11 is 0. The molecule has 0 atom stereocenters. The smallest absolute Gasteiger partial charge is 0.132 e. The second-order valence-electron chi connectivity index (χ2n) is 0.866. The van der Waals surface area contributed by atoms with Gasteiger partial charge in [-0.15, -0.1) is 0 Å². The van der Waals surface area contributed by atoms with Gasteiger partial charge in [0.25, 0.3) is 0 Å². The number of nitrogens with one attached hydrogen (secondary N) is 1. The van der Waals surface area contributed by atoms with Gasteiger partial charge in [0.2, 0.25) is 0 Å². The molecule has 0 aromatic carbocycles. The van der Waals surface area contributed by atoms with Gasteiger partial charge in [-0.3, -0.25) is 0 Å². The summed E-state index contributed by atoms with van der Waals surface area (Å²) in [5.74, 6) is 4.60. The topological polar surface area (TPSA) is 62.2 Å². The number of nitrogens with zero attached hydrogens (tertiary/aromatic N) is 1. The van der Waals surface area contributed by atoms with Crippen molar-refractivity contribution in [2.75, 3.05) is 0 Å². The fourth-order valence-electron chi connectivity index (χ4n) is 0.0968. The Labute approximate surface area is 36.4 Å². The largest absolute Gasteiger partial charge is 0.323 e. The van der Waals surface area contributed by atoms with Gasteiger partial charge in [0.05, 0.1) is 5.71 Å².